The fraction of sp³-hybridized carbons (Fsp3) is 0.385. The molecule has 8 nitrogen and oxygen atoms in total. The van der Waals surface area contributed by atoms with Crippen molar-refractivity contribution in [1.82, 2.24) is 9.55 Å². The molecule has 1 aliphatic heterocycles. The molecular formula is C39H45F2N3O5Si. The maximum absolute atomic E-state index is 17.6. The fourth-order valence-corrected chi connectivity index (χ4v) is 7.34. The van der Waals surface area contributed by atoms with Crippen LogP contribution in [0.3, 0.4) is 0 Å². The summed E-state index contributed by atoms with van der Waals surface area (Å²) in [6, 6.07) is 17.5. The molecule has 1 aliphatic rings. The molecule has 0 radical (unpaired) electrons. The summed E-state index contributed by atoms with van der Waals surface area (Å²) in [7, 11) is -0.534. The van der Waals surface area contributed by atoms with E-state index < -0.39 is 20.0 Å². The zero-order valence-corrected chi connectivity index (χ0v) is 30.9. The van der Waals surface area contributed by atoms with E-state index in [-0.39, 0.29) is 47.6 Å². The van der Waals surface area contributed by atoms with E-state index in [0.717, 1.165) is 5.56 Å². The van der Waals surface area contributed by atoms with Crippen LogP contribution in [0.5, 0.6) is 11.6 Å². The van der Waals surface area contributed by atoms with Gasteiger partial charge in [-0.1, -0.05) is 64.1 Å². The first-order valence-electron chi connectivity index (χ1n) is 17.0. The van der Waals surface area contributed by atoms with E-state index in [4.69, 9.17) is 23.6 Å². The third-order valence-corrected chi connectivity index (χ3v) is 14.5. The van der Waals surface area contributed by atoms with Crippen LogP contribution in [-0.2, 0) is 22.1 Å². The number of hydrogen-bond acceptors (Lipinski definition) is 7. The fourth-order valence-electron chi connectivity index (χ4n) is 6.31. The maximum Gasteiger partial charge on any atom is 0.253 e. The molecule has 5 aromatic rings. The molecule has 11 heteroatoms. The van der Waals surface area contributed by atoms with Gasteiger partial charge in [0.1, 0.15) is 23.9 Å². The standard InChI is InChI=1S/C39H45F2N3O5Si/c1-8-28-30(40)15-14-26-20-27(48-24-46-5)21-29(33(26)28)36-35(41)37-34-31(22-32(45)44(37)23-25-12-10-9-11-13-25)43(16-18-47-38(34)42-36)17-19-49-50(6,7)39(2,3)4/h9-15,20-22H,8,16-19,23-24H2,1-7H3. The Morgan fingerprint density at radius 3 is 2.48 bits per heavy atom. The van der Waals surface area contributed by atoms with Crippen LogP contribution in [0.1, 0.15) is 38.8 Å². The van der Waals surface area contributed by atoms with Crippen LogP contribution in [0.25, 0.3) is 32.9 Å². The molecule has 0 bridgehead atoms. The van der Waals surface area contributed by atoms with Gasteiger partial charge in [0.05, 0.1) is 36.3 Å². The molecule has 0 amide bonds. The molecule has 0 saturated carbocycles. The highest BCUT2D eigenvalue weighted by Crippen LogP contribution is 2.43. The highest BCUT2D eigenvalue weighted by molar-refractivity contribution is 6.74. The molecule has 0 atom stereocenters. The lowest BCUT2D eigenvalue weighted by Gasteiger charge is -2.37. The highest BCUT2D eigenvalue weighted by atomic mass is 28.4. The van der Waals surface area contributed by atoms with Crippen molar-refractivity contribution in [3.63, 3.8) is 0 Å². The van der Waals surface area contributed by atoms with Crippen molar-refractivity contribution in [3.05, 3.63) is 93.8 Å². The Kier molecular flexibility index (Phi) is 10.0. The molecule has 3 aromatic carbocycles. The van der Waals surface area contributed by atoms with Gasteiger partial charge in [0.25, 0.3) is 5.56 Å². The molecule has 50 heavy (non-hydrogen) atoms. The summed E-state index contributed by atoms with van der Waals surface area (Å²) in [5.74, 6) is -0.509. The first-order valence-corrected chi connectivity index (χ1v) is 20.0. The molecular weight excluding hydrogens is 657 g/mol. The maximum atomic E-state index is 17.6. The molecule has 2 aromatic heterocycles. The van der Waals surface area contributed by atoms with E-state index in [1.807, 2.05) is 42.2 Å². The van der Waals surface area contributed by atoms with Gasteiger partial charge in [-0.3, -0.25) is 4.79 Å². The second-order valence-electron chi connectivity index (χ2n) is 14.2. The second-order valence-corrected chi connectivity index (χ2v) is 19.0. The predicted molar refractivity (Wildman–Crippen MR) is 197 cm³/mol. The van der Waals surface area contributed by atoms with Gasteiger partial charge in [-0.2, -0.15) is 0 Å². The van der Waals surface area contributed by atoms with Crippen LogP contribution in [-0.4, -0.2) is 58.1 Å². The normalized spacial score (nSPS) is 13.5. The molecule has 0 unspecified atom stereocenters. The number of anilines is 1. The Hall–Kier alpha value is -4.32. The Morgan fingerprint density at radius 2 is 1.78 bits per heavy atom. The number of fused-ring (bicyclic) bond motifs is 1. The number of hydrogen-bond donors (Lipinski definition) is 0. The van der Waals surface area contributed by atoms with Gasteiger partial charge in [0.15, 0.2) is 20.9 Å². The average molecular weight is 702 g/mol. The van der Waals surface area contributed by atoms with Crippen molar-refractivity contribution >= 4 is 35.7 Å². The SMILES string of the molecule is CCc1c(F)ccc2cc(OCOC)cc(-c3nc4c5c(cc(=O)n(Cc6ccccc6)c5c3F)N(CCO[Si](C)(C)C(C)(C)C)CCO4)c12. The van der Waals surface area contributed by atoms with Crippen molar-refractivity contribution in [1.29, 1.82) is 0 Å². The third-order valence-electron chi connectivity index (χ3n) is 9.98. The monoisotopic (exact) mass is 701 g/mol. The summed E-state index contributed by atoms with van der Waals surface area (Å²) in [6.45, 7) is 14.5. The van der Waals surface area contributed by atoms with Crippen LogP contribution >= 0.6 is 0 Å². The van der Waals surface area contributed by atoms with E-state index in [2.05, 4.69) is 33.9 Å². The molecule has 3 heterocycles. The number of aromatic nitrogens is 2. The minimum absolute atomic E-state index is 0.0345. The molecule has 0 fully saturated rings. The average Bonchev–Trinajstić information content (AvgIpc) is 3.24. The van der Waals surface area contributed by atoms with Gasteiger partial charge in [-0.05, 0) is 64.7 Å². The second kappa shape index (κ2) is 14.1. The number of rotatable bonds is 11. The molecule has 264 valence electrons. The van der Waals surface area contributed by atoms with Gasteiger partial charge in [0, 0.05) is 25.3 Å². The lowest BCUT2D eigenvalue weighted by molar-refractivity contribution is 0.0512. The third kappa shape index (κ3) is 6.74. The van der Waals surface area contributed by atoms with Crippen molar-refractivity contribution in [2.45, 2.75) is 58.8 Å². The molecule has 0 saturated heterocycles. The predicted octanol–water partition coefficient (Wildman–Crippen LogP) is 8.31. The summed E-state index contributed by atoms with van der Waals surface area (Å²) >= 11 is 0. The Bertz CT molecular complexity index is 2100. The first-order chi connectivity index (χ1) is 23.8. The number of nitrogens with zero attached hydrogens (tertiary/aromatic N) is 3. The molecule has 0 aliphatic carbocycles. The van der Waals surface area contributed by atoms with E-state index in [0.29, 0.717) is 64.8 Å². The number of methoxy groups -OCH3 is 1. The van der Waals surface area contributed by atoms with E-state index >= 15 is 8.78 Å². The van der Waals surface area contributed by atoms with Crippen LogP contribution < -0.4 is 19.9 Å². The Balaban J connectivity index is 1.61. The minimum atomic E-state index is -2.04. The summed E-state index contributed by atoms with van der Waals surface area (Å²) in [4.78, 5) is 21.0. The topological polar surface area (TPSA) is 75.1 Å². The lowest BCUT2D eigenvalue weighted by atomic mass is 9.94. The number of ether oxygens (including phenoxy) is 3. The quantitative estimate of drug-likeness (QED) is 0.101. The lowest BCUT2D eigenvalue weighted by Crippen LogP contribution is -2.43. The van der Waals surface area contributed by atoms with E-state index in [9.17, 15) is 4.79 Å². The van der Waals surface area contributed by atoms with E-state index in [1.165, 1.54) is 17.7 Å². The van der Waals surface area contributed by atoms with Crippen LogP contribution in [0.2, 0.25) is 18.1 Å². The molecule has 0 N–H and O–H groups in total. The van der Waals surface area contributed by atoms with Gasteiger partial charge >= 0.3 is 0 Å². The smallest absolute Gasteiger partial charge is 0.253 e. The van der Waals surface area contributed by atoms with Gasteiger partial charge in [0.2, 0.25) is 5.88 Å². The van der Waals surface area contributed by atoms with Gasteiger partial charge in [-0.15, -0.1) is 0 Å². The Labute approximate surface area is 292 Å². The van der Waals surface area contributed by atoms with Crippen LogP contribution in [0.4, 0.5) is 14.5 Å². The summed E-state index contributed by atoms with van der Waals surface area (Å²) < 4.78 is 58.1. The Morgan fingerprint density at radius 1 is 1.02 bits per heavy atom. The molecule has 0 spiro atoms. The zero-order chi connectivity index (χ0) is 35.8. The minimum Gasteiger partial charge on any atom is -0.475 e. The van der Waals surface area contributed by atoms with Crippen LogP contribution in [0.15, 0.2) is 65.5 Å². The molecule has 6 rings (SSSR count). The van der Waals surface area contributed by atoms with E-state index in [1.54, 1.807) is 24.3 Å². The number of pyridine rings is 2. The first kappa shape index (κ1) is 35.5. The number of halogens is 2. The number of benzene rings is 3. The van der Waals surface area contributed by atoms with Crippen molar-refractivity contribution in [2.24, 2.45) is 0 Å². The van der Waals surface area contributed by atoms with Gasteiger partial charge < -0.3 is 28.1 Å². The van der Waals surface area contributed by atoms with Crippen molar-refractivity contribution in [3.8, 4) is 22.9 Å². The van der Waals surface area contributed by atoms with Crippen molar-refractivity contribution < 1.29 is 27.4 Å². The highest BCUT2D eigenvalue weighted by Gasteiger charge is 2.37. The van der Waals surface area contributed by atoms with Crippen LogP contribution in [0, 0.1) is 11.6 Å². The van der Waals surface area contributed by atoms with Crippen molar-refractivity contribution in [2.75, 3.05) is 45.1 Å². The summed E-state index contributed by atoms with van der Waals surface area (Å²) in [6.07, 6.45) is 0.363. The summed E-state index contributed by atoms with van der Waals surface area (Å²) in [5, 5.41) is 1.61. The number of aryl methyl sites for hydroxylation is 1. The zero-order valence-electron chi connectivity index (χ0n) is 29.9. The largest absolute Gasteiger partial charge is 0.475 e. The van der Waals surface area contributed by atoms with Gasteiger partial charge in [-0.25, -0.2) is 13.8 Å². The summed E-state index contributed by atoms with van der Waals surface area (Å²) in [5.41, 5.74) is 1.77.